The van der Waals surface area contributed by atoms with Gasteiger partial charge in [0.05, 0.1) is 23.3 Å². The topological polar surface area (TPSA) is 78.9 Å². The number of hydrogen-bond donors (Lipinski definition) is 0. The molecular weight excluding hydrogens is 430 g/mol. The minimum absolute atomic E-state index is 0.499. The molecule has 0 aliphatic heterocycles. The van der Waals surface area contributed by atoms with Crippen LogP contribution in [0.15, 0.2) is 52.6 Å². The van der Waals surface area contributed by atoms with Gasteiger partial charge in [-0.2, -0.15) is 0 Å². The summed E-state index contributed by atoms with van der Waals surface area (Å²) in [4.78, 5) is 2.34. The van der Waals surface area contributed by atoms with Crippen LogP contribution in [-0.4, -0.2) is 32.1 Å². The third kappa shape index (κ3) is 4.42. The molecule has 9 heteroatoms. The summed E-state index contributed by atoms with van der Waals surface area (Å²) in [5.74, 6) is 3.09. The van der Waals surface area contributed by atoms with Gasteiger partial charge < -0.3 is 9.15 Å². The van der Waals surface area contributed by atoms with Gasteiger partial charge in [0.1, 0.15) is 5.75 Å². The van der Waals surface area contributed by atoms with Gasteiger partial charge in [-0.25, -0.2) is 0 Å². The third-order valence-electron chi connectivity index (χ3n) is 4.72. The summed E-state index contributed by atoms with van der Waals surface area (Å²) >= 11 is 3.20. The van der Waals surface area contributed by atoms with Crippen molar-refractivity contribution in [3.8, 4) is 27.9 Å². The smallest absolute Gasteiger partial charge is 0.257 e. The summed E-state index contributed by atoms with van der Waals surface area (Å²) < 4.78 is 13.4. The highest BCUT2D eigenvalue weighted by Crippen LogP contribution is 2.33. The quantitative estimate of drug-likeness (QED) is 0.247. The molecule has 4 aromatic rings. The standard InChI is InChI=1S/C22H23N5O2S2/c1-5-11-27-20(15-9-7-8-10-16(15)28-4)24-26-22(27)30-13-19-23-25-21(29-19)18-12-14(3)17(6-2)31-18/h5,7-10,12H,1,6,11,13H2,2-4H3. The zero-order valence-corrected chi connectivity index (χ0v) is 19.3. The van der Waals surface area contributed by atoms with Crippen molar-refractivity contribution in [3.05, 3.63) is 59.3 Å². The second-order valence-electron chi connectivity index (χ2n) is 6.77. The molecule has 0 unspecified atom stereocenters. The van der Waals surface area contributed by atoms with Crippen LogP contribution in [0, 0.1) is 6.92 Å². The van der Waals surface area contributed by atoms with Crippen molar-refractivity contribution in [2.24, 2.45) is 0 Å². The zero-order chi connectivity index (χ0) is 21.8. The first kappa shape index (κ1) is 21.3. The van der Waals surface area contributed by atoms with Crippen LogP contribution in [0.3, 0.4) is 0 Å². The molecule has 31 heavy (non-hydrogen) atoms. The van der Waals surface area contributed by atoms with Crippen molar-refractivity contribution < 1.29 is 9.15 Å². The number of methoxy groups -OCH3 is 1. The van der Waals surface area contributed by atoms with Crippen LogP contribution >= 0.6 is 23.1 Å². The van der Waals surface area contributed by atoms with Gasteiger partial charge in [0, 0.05) is 11.4 Å². The van der Waals surface area contributed by atoms with Gasteiger partial charge in [0.25, 0.3) is 5.89 Å². The Labute approximate surface area is 189 Å². The van der Waals surface area contributed by atoms with Gasteiger partial charge >= 0.3 is 0 Å². The van der Waals surface area contributed by atoms with Crippen molar-refractivity contribution in [1.82, 2.24) is 25.0 Å². The fourth-order valence-electron chi connectivity index (χ4n) is 3.23. The SMILES string of the molecule is C=CCn1c(SCc2nnc(-c3cc(C)c(CC)s3)o2)nnc1-c1ccccc1OC. The van der Waals surface area contributed by atoms with Gasteiger partial charge in [-0.15, -0.1) is 38.3 Å². The summed E-state index contributed by atoms with van der Waals surface area (Å²) in [6.45, 7) is 8.70. The largest absolute Gasteiger partial charge is 0.496 e. The first-order chi connectivity index (χ1) is 15.1. The van der Waals surface area contributed by atoms with E-state index in [2.05, 4.69) is 46.9 Å². The maximum absolute atomic E-state index is 5.90. The van der Waals surface area contributed by atoms with Crippen molar-refractivity contribution in [3.63, 3.8) is 0 Å². The Morgan fingerprint density at radius 3 is 2.81 bits per heavy atom. The summed E-state index contributed by atoms with van der Waals surface area (Å²) in [5, 5.41) is 18.0. The van der Waals surface area contributed by atoms with Crippen molar-refractivity contribution in [1.29, 1.82) is 0 Å². The van der Waals surface area contributed by atoms with E-state index in [-0.39, 0.29) is 0 Å². The molecule has 0 aliphatic carbocycles. The van der Waals surface area contributed by atoms with Crippen molar-refractivity contribution in [2.75, 3.05) is 7.11 Å². The predicted octanol–water partition coefficient (Wildman–Crippen LogP) is 5.41. The number of hydrogen-bond acceptors (Lipinski definition) is 8. The number of thiophene rings is 1. The number of rotatable bonds is 9. The number of thioether (sulfide) groups is 1. The predicted molar refractivity (Wildman–Crippen MR) is 123 cm³/mol. The van der Waals surface area contributed by atoms with E-state index in [4.69, 9.17) is 9.15 Å². The van der Waals surface area contributed by atoms with Crippen molar-refractivity contribution >= 4 is 23.1 Å². The molecule has 3 aromatic heterocycles. The number of allylic oxidation sites excluding steroid dienone is 1. The summed E-state index contributed by atoms with van der Waals surface area (Å²) in [5.41, 5.74) is 2.14. The number of aromatic nitrogens is 5. The van der Waals surface area contributed by atoms with E-state index in [0.717, 1.165) is 33.6 Å². The Hall–Kier alpha value is -2.91. The average Bonchev–Trinajstić information content (AvgIpc) is 3.51. The van der Waals surface area contributed by atoms with Crippen LogP contribution in [0.2, 0.25) is 0 Å². The molecule has 0 radical (unpaired) electrons. The second kappa shape index (κ2) is 9.49. The molecule has 0 saturated carbocycles. The normalized spacial score (nSPS) is 11.1. The Morgan fingerprint density at radius 2 is 2.06 bits per heavy atom. The molecule has 0 spiro atoms. The molecule has 3 heterocycles. The van der Waals surface area contributed by atoms with Gasteiger partial charge in [0.2, 0.25) is 5.89 Å². The summed E-state index contributed by atoms with van der Waals surface area (Å²) in [6.07, 6.45) is 2.82. The fraction of sp³-hybridized carbons (Fsp3) is 0.273. The van der Waals surface area contributed by atoms with Crippen LogP contribution in [-0.2, 0) is 18.7 Å². The fourth-order valence-corrected chi connectivity index (χ4v) is 5.05. The molecule has 160 valence electrons. The molecule has 0 fully saturated rings. The second-order valence-corrected chi connectivity index (χ2v) is 8.85. The Kier molecular flexibility index (Phi) is 6.53. The average molecular weight is 454 g/mol. The minimum atomic E-state index is 0.499. The number of ether oxygens (including phenoxy) is 1. The summed E-state index contributed by atoms with van der Waals surface area (Å²) in [7, 11) is 1.65. The Morgan fingerprint density at radius 1 is 1.23 bits per heavy atom. The lowest BCUT2D eigenvalue weighted by Crippen LogP contribution is -2.01. The van der Waals surface area contributed by atoms with Crippen LogP contribution in [0.5, 0.6) is 5.75 Å². The van der Waals surface area contributed by atoms with Gasteiger partial charge in [-0.3, -0.25) is 4.57 Å². The summed E-state index contributed by atoms with van der Waals surface area (Å²) in [6, 6.07) is 9.86. The molecule has 0 atom stereocenters. The molecule has 0 N–H and O–H groups in total. The molecular formula is C22H23N5O2S2. The van der Waals surface area contributed by atoms with Crippen LogP contribution in [0.25, 0.3) is 22.2 Å². The highest BCUT2D eigenvalue weighted by molar-refractivity contribution is 7.98. The highest BCUT2D eigenvalue weighted by Gasteiger charge is 2.18. The number of nitrogens with zero attached hydrogens (tertiary/aromatic N) is 5. The molecule has 0 aliphatic rings. The van der Waals surface area contributed by atoms with E-state index >= 15 is 0 Å². The maximum atomic E-state index is 5.90. The molecule has 4 rings (SSSR count). The van der Waals surface area contributed by atoms with Crippen LogP contribution in [0.4, 0.5) is 0 Å². The molecule has 0 saturated heterocycles. The van der Waals surface area contributed by atoms with E-state index in [1.165, 1.54) is 22.2 Å². The van der Waals surface area contributed by atoms with Gasteiger partial charge in [0.15, 0.2) is 11.0 Å². The molecule has 0 amide bonds. The van der Waals surface area contributed by atoms with Gasteiger partial charge in [-0.1, -0.05) is 36.9 Å². The van der Waals surface area contributed by atoms with Gasteiger partial charge in [-0.05, 0) is 37.1 Å². The number of para-hydroxylation sites is 1. The van der Waals surface area contributed by atoms with E-state index in [0.29, 0.717) is 24.1 Å². The first-order valence-electron chi connectivity index (χ1n) is 9.86. The van der Waals surface area contributed by atoms with Crippen LogP contribution < -0.4 is 4.74 Å². The van der Waals surface area contributed by atoms with Crippen molar-refractivity contribution in [2.45, 2.75) is 37.7 Å². The monoisotopic (exact) mass is 453 g/mol. The Bertz CT molecular complexity index is 1190. The lowest BCUT2D eigenvalue weighted by Gasteiger charge is -2.10. The number of aryl methyl sites for hydroxylation is 2. The van der Waals surface area contributed by atoms with E-state index in [1.54, 1.807) is 18.4 Å². The highest BCUT2D eigenvalue weighted by atomic mass is 32.2. The minimum Gasteiger partial charge on any atom is -0.496 e. The molecule has 0 bridgehead atoms. The molecule has 1 aromatic carbocycles. The van der Waals surface area contributed by atoms with Crippen LogP contribution in [0.1, 0.15) is 23.3 Å². The van der Waals surface area contributed by atoms with E-state index in [9.17, 15) is 0 Å². The maximum Gasteiger partial charge on any atom is 0.257 e. The van der Waals surface area contributed by atoms with E-state index < -0.39 is 0 Å². The number of benzene rings is 1. The first-order valence-corrected chi connectivity index (χ1v) is 11.7. The Balaban J connectivity index is 1.54. The molecule has 7 nitrogen and oxygen atoms in total. The lowest BCUT2D eigenvalue weighted by atomic mass is 10.2. The van der Waals surface area contributed by atoms with E-state index in [1.807, 2.05) is 34.9 Å². The lowest BCUT2D eigenvalue weighted by molar-refractivity contribution is 0.416. The zero-order valence-electron chi connectivity index (χ0n) is 17.7. The third-order valence-corrected chi connectivity index (χ3v) is 7.04.